The molecule has 35 heavy (non-hydrogen) atoms. The van der Waals surface area contributed by atoms with Gasteiger partial charge in [0.05, 0.1) is 18.8 Å². The molecule has 1 aliphatic heterocycles. The molecule has 0 radical (unpaired) electrons. The molecule has 0 N–H and O–H groups in total. The Balaban J connectivity index is 2.12. The fourth-order valence-electron chi connectivity index (χ4n) is 2.97. The number of hydrogen-bond acceptors (Lipinski definition) is 9. The summed E-state index contributed by atoms with van der Waals surface area (Å²) in [5.41, 5.74) is -0.651. The highest BCUT2D eigenvalue weighted by Gasteiger charge is 2.49. The predicted octanol–water partition coefficient (Wildman–Crippen LogP) is 4.99. The molecule has 0 amide bonds. The van der Waals surface area contributed by atoms with E-state index < -0.39 is 46.8 Å². The van der Waals surface area contributed by atoms with Crippen LogP contribution in [0.2, 0.25) is 5.02 Å². The second-order valence-corrected chi connectivity index (χ2v) is 8.77. The first-order valence-electron chi connectivity index (χ1n) is 10.2. The summed E-state index contributed by atoms with van der Waals surface area (Å²) < 4.78 is 60.3. The van der Waals surface area contributed by atoms with E-state index in [2.05, 4.69) is 14.3 Å². The largest absolute Gasteiger partial charge is 0.511 e. The number of alkyl halides is 3. The second-order valence-electron chi connectivity index (χ2n) is 8.36. The molecule has 1 aromatic rings. The van der Waals surface area contributed by atoms with Gasteiger partial charge < -0.3 is 23.8 Å². The van der Waals surface area contributed by atoms with E-state index in [1.165, 1.54) is 12.1 Å². The zero-order chi connectivity index (χ0) is 26.6. The maximum Gasteiger partial charge on any atom is 0.511 e. The van der Waals surface area contributed by atoms with Crippen molar-refractivity contribution < 1.29 is 51.6 Å². The number of rotatable bonds is 8. The van der Waals surface area contributed by atoms with Gasteiger partial charge in [0.2, 0.25) is 12.4 Å². The molecule has 0 aliphatic carbocycles. The molecular weight excluding hydrogens is 503 g/mol. The Morgan fingerprint density at radius 1 is 1.20 bits per heavy atom. The first-order valence-corrected chi connectivity index (χ1v) is 10.6. The van der Waals surface area contributed by atoms with Crippen molar-refractivity contribution in [2.45, 2.75) is 58.1 Å². The summed E-state index contributed by atoms with van der Waals surface area (Å²) in [6, 6.07) is 2.78. The van der Waals surface area contributed by atoms with Crippen molar-refractivity contribution in [3.05, 3.63) is 44.0 Å². The first-order chi connectivity index (χ1) is 16.1. The number of nitrogens with zero attached hydrogens (tertiary/aromatic N) is 1. The van der Waals surface area contributed by atoms with Crippen molar-refractivity contribution in [1.29, 1.82) is 0 Å². The van der Waals surface area contributed by atoms with Gasteiger partial charge in [-0.2, -0.15) is 13.2 Å². The van der Waals surface area contributed by atoms with Crippen LogP contribution in [0.4, 0.5) is 18.0 Å². The molecule has 1 aliphatic rings. The zero-order valence-electron chi connectivity index (χ0n) is 19.1. The van der Waals surface area contributed by atoms with Crippen molar-refractivity contribution in [1.82, 2.24) is 0 Å². The lowest BCUT2D eigenvalue weighted by Crippen LogP contribution is -2.41. The summed E-state index contributed by atoms with van der Waals surface area (Å²) in [5, 5.41) is 9.27. The van der Waals surface area contributed by atoms with E-state index in [0.717, 1.165) is 13.0 Å². The fraction of sp³-hybridized carbons (Fsp3) is 0.524. The van der Waals surface area contributed by atoms with Crippen LogP contribution in [0, 0.1) is 10.1 Å². The number of fused-ring (bicyclic) bond motifs is 1. The minimum atomic E-state index is -4.96. The van der Waals surface area contributed by atoms with Crippen LogP contribution in [0.3, 0.4) is 0 Å². The number of esters is 1. The van der Waals surface area contributed by atoms with Crippen LogP contribution in [-0.4, -0.2) is 49.0 Å². The highest BCUT2D eigenvalue weighted by atomic mass is 35.5. The van der Waals surface area contributed by atoms with Gasteiger partial charge in [0.25, 0.3) is 5.09 Å². The lowest BCUT2D eigenvalue weighted by molar-refractivity contribution is -0.757. The van der Waals surface area contributed by atoms with Gasteiger partial charge in [0, 0.05) is 23.9 Å². The highest BCUT2D eigenvalue weighted by Crippen LogP contribution is 2.42. The smallest absolute Gasteiger partial charge is 0.475 e. The van der Waals surface area contributed by atoms with Crippen molar-refractivity contribution in [2.24, 2.45) is 0 Å². The molecule has 10 nitrogen and oxygen atoms in total. The third-order valence-electron chi connectivity index (χ3n) is 4.52. The molecule has 0 saturated heterocycles. The summed E-state index contributed by atoms with van der Waals surface area (Å²) >= 11 is 6.28. The number of halogens is 4. The van der Waals surface area contributed by atoms with E-state index in [1.807, 2.05) is 20.8 Å². The van der Waals surface area contributed by atoms with Gasteiger partial charge in [-0.15, -0.1) is 10.1 Å². The van der Waals surface area contributed by atoms with E-state index in [1.54, 1.807) is 0 Å². The molecule has 194 valence electrons. The lowest BCUT2D eigenvalue weighted by atomic mass is 9.85. The Kier molecular flexibility index (Phi) is 8.82. The molecule has 2 unspecified atom stereocenters. The molecule has 1 heterocycles. The summed E-state index contributed by atoms with van der Waals surface area (Å²) in [4.78, 5) is 38.1. The summed E-state index contributed by atoms with van der Waals surface area (Å²) in [7, 11) is 0. The fourth-order valence-corrected chi connectivity index (χ4v) is 3.42. The number of carbonyl (C=O) groups excluding carboxylic acids is 2. The van der Waals surface area contributed by atoms with Crippen molar-refractivity contribution >= 4 is 29.8 Å². The van der Waals surface area contributed by atoms with Crippen LogP contribution >= 0.6 is 11.6 Å². The Labute approximate surface area is 203 Å². The molecule has 14 heteroatoms. The molecule has 0 fully saturated rings. The van der Waals surface area contributed by atoms with E-state index in [4.69, 9.17) is 21.1 Å². The molecule has 0 aromatic heterocycles. The van der Waals surface area contributed by atoms with Gasteiger partial charge in [-0.3, -0.25) is 0 Å². The summed E-state index contributed by atoms with van der Waals surface area (Å²) in [6.07, 6.45) is -9.58. The third-order valence-corrected chi connectivity index (χ3v) is 4.83. The van der Waals surface area contributed by atoms with Crippen molar-refractivity contribution in [2.75, 3.05) is 13.2 Å². The number of ether oxygens (including phenoxy) is 4. The Bertz CT molecular complexity index is 1000. The SMILES string of the molecule is CC(OC(=O)OCCCO[N+](=O)[O-])OC(=O)C1=Cc2cc(Cl)c(C(C)(C)C)cc2OC1C(F)(F)F. The molecule has 0 bridgehead atoms. The summed E-state index contributed by atoms with van der Waals surface area (Å²) in [5.74, 6) is -1.54. The molecule has 2 rings (SSSR count). The van der Waals surface area contributed by atoms with E-state index in [0.29, 0.717) is 5.56 Å². The minimum Gasteiger partial charge on any atom is -0.475 e. The standard InChI is InChI=1S/C21H23ClF3NO9/c1-11(34-19(28)31-6-5-7-32-26(29)30)33-18(27)13-8-12-9-15(22)14(20(2,3)4)10-16(12)35-17(13)21(23,24)25/h8-11,17H,5-7H2,1-4H3. The Morgan fingerprint density at radius 3 is 2.43 bits per heavy atom. The first kappa shape index (κ1) is 28.0. The van der Waals surface area contributed by atoms with Crippen molar-refractivity contribution in [3.8, 4) is 5.75 Å². The normalized spacial score (nSPS) is 16.2. The second kappa shape index (κ2) is 11.0. The van der Waals surface area contributed by atoms with Crippen LogP contribution in [-0.2, 0) is 29.3 Å². The number of carbonyl (C=O) groups is 2. The lowest BCUT2D eigenvalue weighted by Gasteiger charge is -2.30. The van der Waals surface area contributed by atoms with Crippen LogP contribution in [0.5, 0.6) is 5.75 Å². The van der Waals surface area contributed by atoms with E-state index >= 15 is 0 Å². The average molecular weight is 526 g/mol. The van der Waals surface area contributed by atoms with Gasteiger partial charge in [0.15, 0.2) is 0 Å². The van der Waals surface area contributed by atoms with Crippen LogP contribution < -0.4 is 4.74 Å². The topological polar surface area (TPSA) is 123 Å². The van der Waals surface area contributed by atoms with Crippen molar-refractivity contribution in [3.63, 3.8) is 0 Å². The quantitative estimate of drug-likeness (QED) is 0.152. The van der Waals surface area contributed by atoms with Gasteiger partial charge in [-0.25, -0.2) is 9.59 Å². The molecule has 2 atom stereocenters. The van der Waals surface area contributed by atoms with Gasteiger partial charge in [0.1, 0.15) is 5.75 Å². The zero-order valence-corrected chi connectivity index (χ0v) is 19.9. The van der Waals surface area contributed by atoms with Crippen LogP contribution in [0.1, 0.15) is 45.2 Å². The monoisotopic (exact) mass is 525 g/mol. The number of hydrogen-bond donors (Lipinski definition) is 0. The van der Waals surface area contributed by atoms with E-state index in [-0.39, 0.29) is 36.0 Å². The summed E-state index contributed by atoms with van der Waals surface area (Å²) in [6.45, 7) is 5.93. The highest BCUT2D eigenvalue weighted by molar-refractivity contribution is 6.31. The maximum atomic E-state index is 13.7. The molecule has 0 spiro atoms. The van der Waals surface area contributed by atoms with Gasteiger partial charge in [-0.1, -0.05) is 32.4 Å². The average Bonchev–Trinajstić information content (AvgIpc) is 2.70. The Morgan fingerprint density at radius 2 is 1.86 bits per heavy atom. The maximum absolute atomic E-state index is 13.7. The molecule has 0 saturated carbocycles. The van der Waals surface area contributed by atoms with E-state index in [9.17, 15) is 32.9 Å². The number of benzene rings is 1. The minimum absolute atomic E-state index is 0.0272. The Hall–Kier alpha value is -3.22. The van der Waals surface area contributed by atoms with Gasteiger partial charge >= 0.3 is 18.3 Å². The molecular formula is C21H23ClF3NO9. The van der Waals surface area contributed by atoms with Gasteiger partial charge in [-0.05, 0) is 29.2 Å². The third kappa shape index (κ3) is 7.91. The predicted molar refractivity (Wildman–Crippen MR) is 114 cm³/mol. The van der Waals surface area contributed by atoms with Crippen LogP contribution in [0.15, 0.2) is 17.7 Å². The molecule has 1 aromatic carbocycles. The van der Waals surface area contributed by atoms with Crippen LogP contribution in [0.25, 0.3) is 6.08 Å².